The molecule has 0 bridgehead atoms. The predicted molar refractivity (Wildman–Crippen MR) is 86.7 cm³/mol. The third kappa shape index (κ3) is 4.60. The summed E-state index contributed by atoms with van der Waals surface area (Å²) in [6.45, 7) is 9.19. The number of hydrogen-bond donors (Lipinski definition) is 1. The molecule has 1 aromatic carbocycles. The van der Waals surface area contributed by atoms with Crippen LogP contribution < -0.4 is 10.2 Å². The van der Waals surface area contributed by atoms with Crippen LogP contribution in [0.4, 0.5) is 11.4 Å². The first-order valence-electron chi connectivity index (χ1n) is 7.37. The fourth-order valence-corrected chi connectivity index (χ4v) is 2.05. The summed E-state index contributed by atoms with van der Waals surface area (Å²) in [6, 6.07) is 8.23. The Morgan fingerprint density at radius 3 is 2.38 bits per heavy atom. The maximum absolute atomic E-state index is 11.8. The smallest absolute Gasteiger partial charge is 0.162 e. The van der Waals surface area contributed by atoms with Gasteiger partial charge in [0.1, 0.15) is 0 Å². The fourth-order valence-electron chi connectivity index (χ4n) is 2.05. The Hall–Kier alpha value is -1.81. The third-order valence-corrected chi connectivity index (χ3v) is 3.47. The highest BCUT2D eigenvalue weighted by Gasteiger charge is 2.17. The van der Waals surface area contributed by atoms with Crippen molar-refractivity contribution in [1.82, 2.24) is 0 Å². The highest BCUT2D eigenvalue weighted by molar-refractivity contribution is 5.94. The number of carbonyl (C=O) groups is 1. The normalized spacial score (nSPS) is 16.2. The Balaban J connectivity index is 1.90. The van der Waals surface area contributed by atoms with E-state index in [0.717, 1.165) is 32.0 Å². The number of nitrogens with one attached hydrogen (secondary N) is 1. The largest absolute Gasteiger partial charge is 0.378 e. The van der Waals surface area contributed by atoms with Gasteiger partial charge in [0.25, 0.3) is 0 Å². The number of carbonyl (C=O) groups excluding carboxylic acids is 1. The van der Waals surface area contributed by atoms with E-state index in [4.69, 9.17) is 4.74 Å². The first kappa shape index (κ1) is 15.6. The molecule has 4 heteroatoms. The number of rotatable bonds is 4. The fraction of sp³-hybridized carbons (Fsp3) is 0.471. The zero-order valence-corrected chi connectivity index (χ0v) is 13.1. The maximum Gasteiger partial charge on any atom is 0.162 e. The molecule has 0 radical (unpaired) electrons. The molecule has 0 aromatic heterocycles. The highest BCUT2D eigenvalue weighted by atomic mass is 16.5. The molecule has 1 aliphatic rings. The number of ether oxygens (including phenoxy) is 1. The average molecular weight is 288 g/mol. The molecule has 0 amide bonds. The minimum absolute atomic E-state index is 0.111. The van der Waals surface area contributed by atoms with Gasteiger partial charge >= 0.3 is 0 Å². The zero-order chi connectivity index (χ0) is 15.3. The molecule has 0 atom stereocenters. The minimum Gasteiger partial charge on any atom is -0.378 e. The molecule has 0 aliphatic carbocycles. The van der Waals surface area contributed by atoms with Crippen molar-refractivity contribution in [3.05, 3.63) is 36.5 Å². The number of anilines is 2. The lowest BCUT2D eigenvalue weighted by Gasteiger charge is -2.28. The lowest BCUT2D eigenvalue weighted by atomic mass is 9.91. The number of hydrogen-bond acceptors (Lipinski definition) is 4. The second-order valence-corrected chi connectivity index (χ2v) is 6.24. The van der Waals surface area contributed by atoms with Crippen LogP contribution in [-0.4, -0.2) is 32.1 Å². The van der Waals surface area contributed by atoms with Crippen molar-refractivity contribution in [3.8, 4) is 0 Å². The molecule has 21 heavy (non-hydrogen) atoms. The molecule has 2 rings (SSSR count). The van der Waals surface area contributed by atoms with Gasteiger partial charge in [-0.3, -0.25) is 4.79 Å². The summed E-state index contributed by atoms with van der Waals surface area (Å²) in [4.78, 5) is 14.1. The third-order valence-electron chi connectivity index (χ3n) is 3.47. The van der Waals surface area contributed by atoms with E-state index in [9.17, 15) is 4.79 Å². The maximum atomic E-state index is 11.8. The second kappa shape index (κ2) is 6.76. The molecular formula is C17H24N2O2. The molecule has 0 spiro atoms. The van der Waals surface area contributed by atoms with Crippen molar-refractivity contribution < 1.29 is 9.53 Å². The number of ketones is 1. The average Bonchev–Trinajstić information content (AvgIpc) is 2.48. The van der Waals surface area contributed by atoms with Crippen molar-refractivity contribution in [2.75, 3.05) is 36.5 Å². The van der Waals surface area contributed by atoms with E-state index < -0.39 is 0 Å². The van der Waals surface area contributed by atoms with E-state index in [0.29, 0.717) is 0 Å². The first-order chi connectivity index (χ1) is 9.97. The first-order valence-corrected chi connectivity index (χ1v) is 7.37. The molecule has 1 aromatic rings. The summed E-state index contributed by atoms with van der Waals surface area (Å²) in [5.74, 6) is 0.111. The Kier molecular flexibility index (Phi) is 5.02. The monoisotopic (exact) mass is 288 g/mol. The topological polar surface area (TPSA) is 41.6 Å². The molecule has 4 nitrogen and oxygen atoms in total. The minimum atomic E-state index is -0.335. The van der Waals surface area contributed by atoms with E-state index in [2.05, 4.69) is 22.3 Å². The van der Waals surface area contributed by atoms with Crippen LogP contribution in [-0.2, 0) is 9.53 Å². The van der Waals surface area contributed by atoms with Crippen LogP contribution in [0.2, 0.25) is 0 Å². The summed E-state index contributed by atoms with van der Waals surface area (Å²) in [5.41, 5.74) is 1.85. The van der Waals surface area contributed by atoms with Crippen molar-refractivity contribution >= 4 is 17.2 Å². The van der Waals surface area contributed by atoms with Crippen LogP contribution in [0.1, 0.15) is 20.8 Å². The molecule has 114 valence electrons. The highest BCUT2D eigenvalue weighted by Crippen LogP contribution is 2.19. The summed E-state index contributed by atoms with van der Waals surface area (Å²) < 4.78 is 5.35. The van der Waals surface area contributed by atoms with Gasteiger partial charge in [-0.15, -0.1) is 0 Å². The van der Waals surface area contributed by atoms with Gasteiger partial charge in [-0.05, 0) is 30.3 Å². The van der Waals surface area contributed by atoms with Gasteiger partial charge in [0.2, 0.25) is 0 Å². The quantitative estimate of drug-likeness (QED) is 0.865. The van der Waals surface area contributed by atoms with Crippen LogP contribution in [0, 0.1) is 5.41 Å². The van der Waals surface area contributed by atoms with E-state index in [1.807, 2.05) is 32.9 Å². The van der Waals surface area contributed by atoms with Gasteiger partial charge < -0.3 is 15.0 Å². The lowest BCUT2D eigenvalue weighted by Crippen LogP contribution is -2.36. The second-order valence-electron chi connectivity index (χ2n) is 6.24. The van der Waals surface area contributed by atoms with Gasteiger partial charge in [-0.25, -0.2) is 0 Å². The van der Waals surface area contributed by atoms with Crippen LogP contribution >= 0.6 is 0 Å². The number of nitrogens with zero attached hydrogens (tertiary/aromatic N) is 1. The summed E-state index contributed by atoms with van der Waals surface area (Å²) in [7, 11) is 0. The summed E-state index contributed by atoms with van der Waals surface area (Å²) >= 11 is 0. The van der Waals surface area contributed by atoms with Crippen LogP contribution in [0.25, 0.3) is 0 Å². The van der Waals surface area contributed by atoms with Crippen LogP contribution in [0.3, 0.4) is 0 Å². The van der Waals surface area contributed by atoms with E-state index in [1.165, 1.54) is 5.69 Å². The Labute approximate surface area is 126 Å². The summed E-state index contributed by atoms with van der Waals surface area (Å²) in [5, 5.41) is 3.13. The van der Waals surface area contributed by atoms with E-state index >= 15 is 0 Å². The molecule has 0 saturated carbocycles. The molecule has 0 unspecified atom stereocenters. The molecular weight excluding hydrogens is 264 g/mol. The van der Waals surface area contributed by atoms with Gasteiger partial charge in [0, 0.05) is 36.1 Å². The van der Waals surface area contributed by atoms with Crippen molar-refractivity contribution in [1.29, 1.82) is 0 Å². The van der Waals surface area contributed by atoms with Gasteiger partial charge in [-0.1, -0.05) is 20.8 Å². The predicted octanol–water partition coefficient (Wildman–Crippen LogP) is 3.06. The zero-order valence-electron chi connectivity index (χ0n) is 13.1. The molecule has 1 N–H and O–H groups in total. The lowest BCUT2D eigenvalue weighted by molar-refractivity contribution is -0.121. The van der Waals surface area contributed by atoms with Gasteiger partial charge in [-0.2, -0.15) is 0 Å². The van der Waals surface area contributed by atoms with Gasteiger partial charge in [0.15, 0.2) is 5.78 Å². The Morgan fingerprint density at radius 1 is 1.19 bits per heavy atom. The van der Waals surface area contributed by atoms with Crippen molar-refractivity contribution in [2.24, 2.45) is 5.41 Å². The number of allylic oxidation sites excluding steroid dienone is 1. The molecule has 1 fully saturated rings. The molecule has 1 saturated heterocycles. The van der Waals surface area contributed by atoms with Crippen molar-refractivity contribution in [3.63, 3.8) is 0 Å². The molecule has 1 aliphatic heterocycles. The van der Waals surface area contributed by atoms with E-state index in [-0.39, 0.29) is 11.2 Å². The number of benzene rings is 1. The number of morpholine rings is 1. The van der Waals surface area contributed by atoms with Crippen molar-refractivity contribution in [2.45, 2.75) is 20.8 Å². The van der Waals surface area contributed by atoms with Crippen LogP contribution in [0.15, 0.2) is 36.5 Å². The van der Waals surface area contributed by atoms with Crippen LogP contribution in [0.5, 0.6) is 0 Å². The Bertz CT molecular complexity index is 495. The summed E-state index contributed by atoms with van der Waals surface area (Å²) in [6.07, 6.45) is 3.30. The Morgan fingerprint density at radius 2 is 1.81 bits per heavy atom. The standard InChI is InChI=1S/C17H24N2O2/c1-17(2,3)16(20)8-9-18-14-4-6-15(7-5-14)19-10-12-21-13-11-19/h4-9,18H,10-13H2,1-3H3/b9-8+. The SMILES string of the molecule is CC(C)(C)C(=O)/C=C/Nc1ccc(N2CCOCC2)cc1. The molecule has 1 heterocycles. The van der Waals surface area contributed by atoms with E-state index in [1.54, 1.807) is 12.3 Å². The van der Waals surface area contributed by atoms with Gasteiger partial charge in [0.05, 0.1) is 13.2 Å².